The summed E-state index contributed by atoms with van der Waals surface area (Å²) in [5, 5.41) is 8.85. The summed E-state index contributed by atoms with van der Waals surface area (Å²) in [5.41, 5.74) is 7.94. The molecule has 0 aliphatic rings. The molecule has 3 N–H and O–H groups in total. The normalized spacial score (nSPS) is 13.1. The van der Waals surface area contributed by atoms with Crippen molar-refractivity contribution in [3.05, 3.63) is 22.7 Å². The Labute approximate surface area is 115 Å². The van der Waals surface area contributed by atoms with Crippen LogP contribution in [0, 0.1) is 5.92 Å². The minimum Gasteiger partial charge on any atom is -0.396 e. The lowest BCUT2D eigenvalue weighted by atomic mass is 10.1. The fourth-order valence-corrected chi connectivity index (χ4v) is 2.50. The highest BCUT2D eigenvalue weighted by molar-refractivity contribution is 9.10. The van der Waals surface area contributed by atoms with Crippen LogP contribution in [0.4, 0.5) is 5.95 Å². The summed E-state index contributed by atoms with van der Waals surface area (Å²) in [5.74, 6) is 1.02. The highest BCUT2D eigenvalue weighted by atomic mass is 79.9. The Hall–Kier alpha value is -1.07. The van der Waals surface area contributed by atoms with E-state index in [4.69, 9.17) is 10.8 Å². The molecule has 1 atom stereocenters. The summed E-state index contributed by atoms with van der Waals surface area (Å²) < 4.78 is 3.07. The SMILES string of the molecule is C[C@H](CCCO)Cn1c(N)nc2ccc(Br)cc21. The van der Waals surface area contributed by atoms with E-state index in [1.54, 1.807) is 0 Å². The average molecular weight is 312 g/mol. The van der Waals surface area contributed by atoms with Gasteiger partial charge in [0.2, 0.25) is 5.95 Å². The number of rotatable bonds is 5. The molecule has 0 saturated carbocycles. The summed E-state index contributed by atoms with van der Waals surface area (Å²) in [4.78, 5) is 4.36. The molecule has 5 heteroatoms. The molecule has 0 saturated heterocycles. The van der Waals surface area contributed by atoms with Crippen LogP contribution in [0.3, 0.4) is 0 Å². The van der Waals surface area contributed by atoms with Gasteiger partial charge in [-0.1, -0.05) is 22.9 Å². The number of aliphatic hydroxyl groups excluding tert-OH is 1. The highest BCUT2D eigenvalue weighted by Gasteiger charge is 2.11. The average Bonchev–Trinajstić information content (AvgIpc) is 2.63. The number of nitrogens with two attached hydrogens (primary N) is 1. The predicted octanol–water partition coefficient (Wildman–Crippen LogP) is 2.79. The van der Waals surface area contributed by atoms with Crippen molar-refractivity contribution in [2.45, 2.75) is 26.3 Å². The number of aromatic nitrogens is 2. The van der Waals surface area contributed by atoms with Crippen molar-refractivity contribution in [2.24, 2.45) is 5.92 Å². The number of nitrogen functional groups attached to an aromatic ring is 1. The lowest BCUT2D eigenvalue weighted by Crippen LogP contribution is -2.10. The molecule has 1 aromatic carbocycles. The largest absolute Gasteiger partial charge is 0.396 e. The molecule has 1 aromatic heterocycles. The van der Waals surface area contributed by atoms with Crippen molar-refractivity contribution in [1.29, 1.82) is 0 Å². The molecule has 1 heterocycles. The summed E-state index contributed by atoms with van der Waals surface area (Å²) >= 11 is 3.47. The molecule has 0 fully saturated rings. The molecular formula is C13H18BrN3O. The van der Waals surface area contributed by atoms with Crippen LogP contribution in [0.15, 0.2) is 22.7 Å². The highest BCUT2D eigenvalue weighted by Crippen LogP contribution is 2.23. The van der Waals surface area contributed by atoms with Crippen LogP contribution in [0.25, 0.3) is 11.0 Å². The fraction of sp³-hybridized carbons (Fsp3) is 0.462. The fourth-order valence-electron chi connectivity index (χ4n) is 2.15. The third-order valence-electron chi connectivity index (χ3n) is 3.09. The number of hydrogen-bond acceptors (Lipinski definition) is 3. The van der Waals surface area contributed by atoms with Crippen molar-refractivity contribution in [2.75, 3.05) is 12.3 Å². The van der Waals surface area contributed by atoms with Crippen LogP contribution in [0.5, 0.6) is 0 Å². The number of nitrogens with zero attached hydrogens (tertiary/aromatic N) is 2. The first-order chi connectivity index (χ1) is 8.61. The Morgan fingerprint density at radius 1 is 1.50 bits per heavy atom. The Morgan fingerprint density at radius 3 is 3.00 bits per heavy atom. The molecule has 0 aliphatic carbocycles. The van der Waals surface area contributed by atoms with Crippen molar-refractivity contribution in [1.82, 2.24) is 9.55 Å². The monoisotopic (exact) mass is 311 g/mol. The van der Waals surface area contributed by atoms with Crippen LogP contribution >= 0.6 is 15.9 Å². The molecule has 4 nitrogen and oxygen atoms in total. The van der Waals surface area contributed by atoms with Crippen molar-refractivity contribution < 1.29 is 5.11 Å². The molecule has 0 aliphatic heterocycles. The van der Waals surface area contributed by atoms with E-state index in [1.165, 1.54) is 0 Å². The molecule has 0 bridgehead atoms. The van der Waals surface area contributed by atoms with Crippen LogP contribution in [-0.4, -0.2) is 21.3 Å². The third kappa shape index (κ3) is 2.84. The van der Waals surface area contributed by atoms with Gasteiger partial charge in [0.05, 0.1) is 11.0 Å². The van der Waals surface area contributed by atoms with Gasteiger partial charge < -0.3 is 15.4 Å². The second kappa shape index (κ2) is 5.71. The van der Waals surface area contributed by atoms with E-state index in [-0.39, 0.29) is 6.61 Å². The molecule has 98 valence electrons. The molecule has 18 heavy (non-hydrogen) atoms. The molecule has 0 amide bonds. The Kier molecular flexibility index (Phi) is 4.24. The maximum absolute atomic E-state index is 8.85. The zero-order valence-corrected chi connectivity index (χ0v) is 12.0. The van der Waals surface area contributed by atoms with Crippen LogP contribution < -0.4 is 5.73 Å². The Bertz CT molecular complexity index is 538. The maximum Gasteiger partial charge on any atom is 0.201 e. The molecule has 0 unspecified atom stereocenters. The number of benzene rings is 1. The Morgan fingerprint density at radius 2 is 2.28 bits per heavy atom. The first-order valence-corrected chi connectivity index (χ1v) is 6.93. The summed E-state index contributed by atoms with van der Waals surface area (Å²) in [6.45, 7) is 3.24. The van der Waals surface area contributed by atoms with Gasteiger partial charge in [0.15, 0.2) is 0 Å². The molecular weight excluding hydrogens is 294 g/mol. The first kappa shape index (κ1) is 13.4. The van der Waals surface area contributed by atoms with Gasteiger partial charge in [0.1, 0.15) is 0 Å². The van der Waals surface area contributed by atoms with E-state index >= 15 is 0 Å². The van der Waals surface area contributed by atoms with Gasteiger partial charge >= 0.3 is 0 Å². The molecule has 0 radical (unpaired) electrons. The van der Waals surface area contributed by atoms with Crippen molar-refractivity contribution in [3.63, 3.8) is 0 Å². The van der Waals surface area contributed by atoms with Gasteiger partial charge in [-0.05, 0) is 37.0 Å². The van der Waals surface area contributed by atoms with E-state index in [2.05, 4.69) is 27.8 Å². The molecule has 0 spiro atoms. The first-order valence-electron chi connectivity index (χ1n) is 6.14. The summed E-state index contributed by atoms with van der Waals surface area (Å²) in [6, 6.07) is 5.97. The number of hydrogen-bond donors (Lipinski definition) is 2. The Balaban J connectivity index is 2.26. The summed E-state index contributed by atoms with van der Waals surface area (Å²) in [6.07, 6.45) is 1.82. The topological polar surface area (TPSA) is 64.1 Å². The standard InChI is InChI=1S/C13H18BrN3O/c1-9(3-2-6-18)8-17-12-7-10(14)4-5-11(12)16-13(17)15/h4-5,7,9,18H,2-3,6,8H2,1H3,(H2,15,16)/t9-/m1/s1. The van der Waals surface area contributed by atoms with Crippen LogP contribution in [-0.2, 0) is 6.54 Å². The zero-order valence-electron chi connectivity index (χ0n) is 10.4. The van der Waals surface area contributed by atoms with Crippen molar-refractivity contribution in [3.8, 4) is 0 Å². The quantitative estimate of drug-likeness (QED) is 0.892. The van der Waals surface area contributed by atoms with E-state index in [0.717, 1.165) is 34.9 Å². The number of aliphatic hydroxyl groups is 1. The third-order valence-corrected chi connectivity index (χ3v) is 3.58. The second-order valence-electron chi connectivity index (χ2n) is 4.68. The maximum atomic E-state index is 8.85. The lowest BCUT2D eigenvalue weighted by Gasteiger charge is -2.13. The predicted molar refractivity (Wildman–Crippen MR) is 77.3 cm³/mol. The van der Waals surface area contributed by atoms with Crippen LogP contribution in [0.1, 0.15) is 19.8 Å². The minimum absolute atomic E-state index is 0.246. The summed E-state index contributed by atoms with van der Waals surface area (Å²) in [7, 11) is 0. The smallest absolute Gasteiger partial charge is 0.201 e. The number of halogens is 1. The van der Waals surface area contributed by atoms with Gasteiger partial charge in [-0.15, -0.1) is 0 Å². The van der Waals surface area contributed by atoms with Gasteiger partial charge in [0.25, 0.3) is 0 Å². The van der Waals surface area contributed by atoms with Gasteiger partial charge in [0, 0.05) is 17.6 Å². The zero-order chi connectivity index (χ0) is 13.1. The van der Waals surface area contributed by atoms with Gasteiger partial charge in [-0.2, -0.15) is 0 Å². The van der Waals surface area contributed by atoms with E-state index in [9.17, 15) is 0 Å². The number of imidazole rings is 1. The van der Waals surface area contributed by atoms with E-state index in [1.807, 2.05) is 22.8 Å². The minimum atomic E-state index is 0.246. The molecule has 2 aromatic rings. The van der Waals surface area contributed by atoms with Crippen molar-refractivity contribution >= 4 is 32.9 Å². The van der Waals surface area contributed by atoms with E-state index < -0.39 is 0 Å². The lowest BCUT2D eigenvalue weighted by molar-refractivity contribution is 0.270. The second-order valence-corrected chi connectivity index (χ2v) is 5.60. The van der Waals surface area contributed by atoms with Gasteiger partial charge in [-0.25, -0.2) is 4.98 Å². The number of anilines is 1. The van der Waals surface area contributed by atoms with Gasteiger partial charge in [-0.3, -0.25) is 0 Å². The van der Waals surface area contributed by atoms with Crippen LogP contribution in [0.2, 0.25) is 0 Å². The number of fused-ring (bicyclic) bond motifs is 1. The van der Waals surface area contributed by atoms with E-state index in [0.29, 0.717) is 11.9 Å². The molecule has 2 rings (SSSR count).